The Bertz CT molecular complexity index is 787. The van der Waals surface area contributed by atoms with E-state index in [1.807, 2.05) is 29.3 Å². The normalized spacial score (nSPS) is 14.5. The fourth-order valence-electron chi connectivity index (χ4n) is 2.21. The molecule has 1 aliphatic heterocycles. The van der Waals surface area contributed by atoms with Gasteiger partial charge < -0.3 is 9.88 Å². The Morgan fingerprint density at radius 3 is 3.00 bits per heavy atom. The lowest BCUT2D eigenvalue weighted by Gasteiger charge is -2.30. The van der Waals surface area contributed by atoms with Crippen molar-refractivity contribution in [3.63, 3.8) is 0 Å². The molecule has 20 heavy (non-hydrogen) atoms. The van der Waals surface area contributed by atoms with E-state index in [1.54, 1.807) is 6.20 Å². The largest absolute Gasteiger partial charge is 0.345 e. The summed E-state index contributed by atoms with van der Waals surface area (Å²) in [4.78, 5) is 27.7. The molecule has 0 bridgehead atoms. The second-order valence-electron chi connectivity index (χ2n) is 4.78. The first-order chi connectivity index (χ1) is 9.81. The zero-order chi connectivity index (χ0) is 13.5. The van der Waals surface area contributed by atoms with E-state index in [0.717, 1.165) is 46.1 Å². The van der Waals surface area contributed by atoms with Crippen LogP contribution in [0.15, 0.2) is 30.6 Å². The third-order valence-electron chi connectivity index (χ3n) is 3.47. The summed E-state index contributed by atoms with van der Waals surface area (Å²) >= 11 is 1.48. The Kier molecular flexibility index (Phi) is 2.56. The Balaban J connectivity index is 1.67. The van der Waals surface area contributed by atoms with Crippen molar-refractivity contribution < 1.29 is 4.79 Å². The topological polar surface area (TPSA) is 61.9 Å². The number of amides is 1. The number of rotatable bonds is 2. The third-order valence-corrected chi connectivity index (χ3v) is 4.57. The number of H-pyrrole nitrogens is 1. The number of nitrogens with zero attached hydrogens (tertiary/aromatic N) is 3. The van der Waals surface area contributed by atoms with Crippen LogP contribution in [0.2, 0.25) is 0 Å². The van der Waals surface area contributed by atoms with Crippen LogP contribution in [0.1, 0.15) is 16.1 Å². The van der Waals surface area contributed by atoms with E-state index in [2.05, 4.69) is 15.0 Å². The summed E-state index contributed by atoms with van der Waals surface area (Å²) in [7, 11) is 0. The molecule has 0 radical (unpaired) electrons. The molecule has 100 valence electrons. The number of hydrogen-bond donors (Lipinski definition) is 1. The molecule has 1 aliphatic rings. The predicted molar refractivity (Wildman–Crippen MR) is 77.7 cm³/mol. The molecule has 1 saturated heterocycles. The van der Waals surface area contributed by atoms with Gasteiger partial charge in [0.1, 0.15) is 5.52 Å². The Morgan fingerprint density at radius 1 is 1.30 bits per heavy atom. The second kappa shape index (κ2) is 4.42. The molecule has 0 aliphatic carbocycles. The van der Waals surface area contributed by atoms with E-state index in [4.69, 9.17) is 0 Å². The van der Waals surface area contributed by atoms with Gasteiger partial charge in [-0.05, 0) is 24.6 Å². The molecule has 4 rings (SSSR count). The maximum absolute atomic E-state index is 12.1. The zero-order valence-corrected chi connectivity index (χ0v) is 11.5. The van der Waals surface area contributed by atoms with Gasteiger partial charge in [0.05, 0.1) is 21.6 Å². The van der Waals surface area contributed by atoms with Gasteiger partial charge in [0.25, 0.3) is 5.91 Å². The Morgan fingerprint density at radius 2 is 2.20 bits per heavy atom. The van der Waals surface area contributed by atoms with Gasteiger partial charge in [-0.1, -0.05) is 0 Å². The molecule has 1 fully saturated rings. The van der Waals surface area contributed by atoms with Gasteiger partial charge >= 0.3 is 0 Å². The van der Waals surface area contributed by atoms with Gasteiger partial charge in [-0.25, -0.2) is 9.97 Å². The minimum atomic E-state index is 0.128. The van der Waals surface area contributed by atoms with E-state index in [0.29, 0.717) is 0 Å². The maximum atomic E-state index is 12.1. The number of aromatic nitrogens is 3. The number of fused-ring (bicyclic) bond motifs is 1. The molecule has 0 atom stereocenters. The molecule has 1 amide bonds. The summed E-state index contributed by atoms with van der Waals surface area (Å²) in [5, 5.41) is 0. The number of carbonyl (C=O) groups excluding carboxylic acids is 1. The average Bonchev–Trinajstić information content (AvgIpc) is 3.05. The van der Waals surface area contributed by atoms with Crippen molar-refractivity contribution in [1.82, 2.24) is 19.9 Å². The van der Waals surface area contributed by atoms with Gasteiger partial charge in [-0.15, -0.1) is 11.3 Å². The van der Waals surface area contributed by atoms with Crippen LogP contribution in [0.5, 0.6) is 0 Å². The van der Waals surface area contributed by atoms with E-state index < -0.39 is 0 Å². The van der Waals surface area contributed by atoms with Crippen LogP contribution in [-0.2, 0) is 0 Å². The first-order valence-electron chi connectivity index (χ1n) is 6.51. The lowest BCUT2D eigenvalue weighted by Crippen LogP contribution is -2.41. The highest BCUT2D eigenvalue weighted by atomic mass is 32.1. The zero-order valence-electron chi connectivity index (χ0n) is 10.7. The molecule has 0 aromatic carbocycles. The summed E-state index contributed by atoms with van der Waals surface area (Å²) in [6.07, 6.45) is 4.67. The quantitative estimate of drug-likeness (QED) is 0.786. The number of aromatic amines is 1. The molecule has 5 nitrogen and oxygen atoms in total. The highest BCUT2D eigenvalue weighted by Gasteiger charge is 2.23. The van der Waals surface area contributed by atoms with Crippen molar-refractivity contribution >= 4 is 28.4 Å². The summed E-state index contributed by atoms with van der Waals surface area (Å²) in [5.74, 6) is 0.128. The van der Waals surface area contributed by atoms with E-state index in [9.17, 15) is 4.79 Å². The molecule has 4 heterocycles. The molecule has 1 N–H and O–H groups in total. The summed E-state index contributed by atoms with van der Waals surface area (Å²) in [6.45, 7) is 1.75. The third kappa shape index (κ3) is 1.80. The first-order valence-corrected chi connectivity index (χ1v) is 7.32. The molecule has 6 heteroatoms. The standard InChI is InChI=1S/C14H12N4OS/c19-14(18-6-1-7-18)12-3-2-11(20-12)10-8-16-13-9(17-10)4-5-15-13/h2-5,8H,1,6-7H2,(H,15,16). The smallest absolute Gasteiger partial charge is 0.263 e. The van der Waals surface area contributed by atoms with Gasteiger partial charge in [-0.3, -0.25) is 4.79 Å². The van der Waals surface area contributed by atoms with Crippen molar-refractivity contribution in [3.8, 4) is 10.6 Å². The Hall–Kier alpha value is -2.21. The first kappa shape index (κ1) is 11.6. The van der Waals surface area contributed by atoms with Crippen LogP contribution in [0, 0.1) is 0 Å². The predicted octanol–water partition coefficient (Wildman–Crippen LogP) is 2.53. The van der Waals surface area contributed by atoms with Crippen LogP contribution < -0.4 is 0 Å². The van der Waals surface area contributed by atoms with Crippen molar-refractivity contribution in [1.29, 1.82) is 0 Å². The van der Waals surface area contributed by atoms with Crippen LogP contribution in [-0.4, -0.2) is 38.8 Å². The van der Waals surface area contributed by atoms with E-state index in [1.165, 1.54) is 11.3 Å². The van der Waals surface area contributed by atoms with E-state index >= 15 is 0 Å². The van der Waals surface area contributed by atoms with Crippen molar-refractivity contribution in [2.45, 2.75) is 6.42 Å². The van der Waals surface area contributed by atoms with Gasteiger partial charge in [0, 0.05) is 19.3 Å². The minimum absolute atomic E-state index is 0.128. The molecular weight excluding hydrogens is 272 g/mol. The Labute approximate surface area is 119 Å². The molecule has 3 aromatic heterocycles. The van der Waals surface area contributed by atoms with Gasteiger partial charge in [-0.2, -0.15) is 0 Å². The van der Waals surface area contributed by atoms with Crippen LogP contribution in [0.4, 0.5) is 0 Å². The number of nitrogens with one attached hydrogen (secondary N) is 1. The number of hydrogen-bond acceptors (Lipinski definition) is 4. The van der Waals surface area contributed by atoms with Crippen molar-refractivity contribution in [3.05, 3.63) is 35.5 Å². The lowest BCUT2D eigenvalue weighted by atomic mass is 10.2. The highest BCUT2D eigenvalue weighted by Crippen LogP contribution is 2.28. The lowest BCUT2D eigenvalue weighted by molar-refractivity contribution is 0.0657. The number of likely N-dealkylation sites (tertiary alicyclic amines) is 1. The highest BCUT2D eigenvalue weighted by molar-refractivity contribution is 7.17. The van der Waals surface area contributed by atoms with Crippen LogP contribution in [0.3, 0.4) is 0 Å². The van der Waals surface area contributed by atoms with Crippen molar-refractivity contribution in [2.75, 3.05) is 13.1 Å². The molecule has 0 unspecified atom stereocenters. The average molecular weight is 284 g/mol. The van der Waals surface area contributed by atoms with Crippen LogP contribution in [0.25, 0.3) is 21.7 Å². The molecule has 3 aromatic rings. The summed E-state index contributed by atoms with van der Waals surface area (Å²) < 4.78 is 0. The monoisotopic (exact) mass is 284 g/mol. The second-order valence-corrected chi connectivity index (χ2v) is 5.86. The number of thiophene rings is 1. The van der Waals surface area contributed by atoms with Gasteiger partial charge in [0.2, 0.25) is 0 Å². The number of carbonyl (C=O) groups is 1. The SMILES string of the molecule is O=C(c1ccc(-c2cnc3[nH]ccc3n2)s1)N1CCC1. The minimum Gasteiger partial charge on any atom is -0.345 e. The van der Waals surface area contributed by atoms with Crippen molar-refractivity contribution in [2.24, 2.45) is 0 Å². The molecule has 0 saturated carbocycles. The molecule has 0 spiro atoms. The van der Waals surface area contributed by atoms with Gasteiger partial charge in [0.15, 0.2) is 5.65 Å². The fraction of sp³-hybridized carbons (Fsp3) is 0.214. The molecular formula is C14H12N4OS. The maximum Gasteiger partial charge on any atom is 0.263 e. The summed E-state index contributed by atoms with van der Waals surface area (Å²) in [5.41, 5.74) is 2.43. The van der Waals surface area contributed by atoms with E-state index in [-0.39, 0.29) is 5.91 Å². The van der Waals surface area contributed by atoms with Crippen LogP contribution >= 0.6 is 11.3 Å². The summed E-state index contributed by atoms with van der Waals surface area (Å²) in [6, 6.07) is 5.72. The fourth-order valence-corrected chi connectivity index (χ4v) is 3.14.